The standard InChI is InChI=1S/C13H14BrFN2O/c1-2-5-16-7-12-13(18-8-17-12)9-3-4-10(14)11(15)6-9/h3-4,6,8,16H,2,5,7H2,1H3. The quantitative estimate of drug-likeness (QED) is 0.855. The van der Waals surface area contributed by atoms with Crippen molar-refractivity contribution in [3.05, 3.63) is 40.6 Å². The third kappa shape index (κ3) is 2.97. The predicted octanol–water partition coefficient (Wildman–Crippen LogP) is 3.74. The van der Waals surface area contributed by atoms with Crippen molar-refractivity contribution in [2.75, 3.05) is 6.54 Å². The van der Waals surface area contributed by atoms with Crippen LogP contribution in [0.4, 0.5) is 4.39 Å². The smallest absolute Gasteiger partial charge is 0.181 e. The fraction of sp³-hybridized carbons (Fsp3) is 0.308. The second kappa shape index (κ2) is 6.11. The van der Waals surface area contributed by atoms with Crippen LogP contribution in [0.25, 0.3) is 11.3 Å². The van der Waals surface area contributed by atoms with Crippen molar-refractivity contribution in [3.63, 3.8) is 0 Å². The first-order valence-electron chi connectivity index (χ1n) is 5.81. The molecule has 1 aromatic heterocycles. The Morgan fingerprint density at radius 3 is 3.00 bits per heavy atom. The first kappa shape index (κ1) is 13.2. The van der Waals surface area contributed by atoms with Gasteiger partial charge in [0.2, 0.25) is 0 Å². The topological polar surface area (TPSA) is 38.1 Å². The minimum absolute atomic E-state index is 0.309. The number of rotatable bonds is 5. The van der Waals surface area contributed by atoms with Crippen LogP contribution >= 0.6 is 15.9 Å². The van der Waals surface area contributed by atoms with E-state index in [1.54, 1.807) is 12.1 Å². The van der Waals surface area contributed by atoms with Gasteiger partial charge in [-0.3, -0.25) is 0 Å². The molecule has 0 amide bonds. The molecule has 5 heteroatoms. The Kier molecular flexibility index (Phi) is 4.49. The highest BCUT2D eigenvalue weighted by Crippen LogP contribution is 2.26. The number of oxazole rings is 1. The van der Waals surface area contributed by atoms with Gasteiger partial charge in [-0.25, -0.2) is 9.37 Å². The predicted molar refractivity (Wildman–Crippen MR) is 71.6 cm³/mol. The summed E-state index contributed by atoms with van der Waals surface area (Å²) in [7, 11) is 0. The molecule has 0 saturated heterocycles. The zero-order chi connectivity index (χ0) is 13.0. The lowest BCUT2D eigenvalue weighted by molar-refractivity contribution is 0.567. The van der Waals surface area contributed by atoms with Crippen LogP contribution in [-0.2, 0) is 6.54 Å². The average Bonchev–Trinajstić information content (AvgIpc) is 2.81. The van der Waals surface area contributed by atoms with E-state index < -0.39 is 0 Å². The van der Waals surface area contributed by atoms with Gasteiger partial charge in [-0.2, -0.15) is 0 Å². The molecule has 0 radical (unpaired) electrons. The third-order valence-electron chi connectivity index (χ3n) is 2.54. The Labute approximate surface area is 114 Å². The largest absolute Gasteiger partial charge is 0.443 e. The molecule has 0 aliphatic carbocycles. The van der Waals surface area contributed by atoms with Crippen LogP contribution in [0, 0.1) is 5.82 Å². The van der Waals surface area contributed by atoms with E-state index >= 15 is 0 Å². The molecule has 18 heavy (non-hydrogen) atoms. The highest BCUT2D eigenvalue weighted by molar-refractivity contribution is 9.10. The van der Waals surface area contributed by atoms with Crippen molar-refractivity contribution in [2.45, 2.75) is 19.9 Å². The fourth-order valence-corrected chi connectivity index (χ4v) is 1.90. The summed E-state index contributed by atoms with van der Waals surface area (Å²) in [6, 6.07) is 4.90. The number of nitrogens with zero attached hydrogens (tertiary/aromatic N) is 1. The van der Waals surface area contributed by atoms with Gasteiger partial charge in [-0.05, 0) is 47.1 Å². The number of hydrogen-bond donors (Lipinski definition) is 1. The lowest BCUT2D eigenvalue weighted by Crippen LogP contribution is -2.14. The van der Waals surface area contributed by atoms with Crippen molar-refractivity contribution >= 4 is 15.9 Å². The van der Waals surface area contributed by atoms with E-state index in [4.69, 9.17) is 4.42 Å². The van der Waals surface area contributed by atoms with Crippen LogP contribution in [-0.4, -0.2) is 11.5 Å². The van der Waals surface area contributed by atoms with Gasteiger partial charge in [-0.15, -0.1) is 0 Å². The molecule has 0 atom stereocenters. The Morgan fingerprint density at radius 2 is 2.28 bits per heavy atom. The van der Waals surface area contributed by atoms with Crippen molar-refractivity contribution < 1.29 is 8.81 Å². The second-order valence-corrected chi connectivity index (χ2v) is 4.79. The lowest BCUT2D eigenvalue weighted by atomic mass is 10.1. The van der Waals surface area contributed by atoms with Gasteiger partial charge < -0.3 is 9.73 Å². The fourth-order valence-electron chi connectivity index (χ4n) is 1.65. The summed E-state index contributed by atoms with van der Waals surface area (Å²) in [5, 5.41) is 3.25. The number of hydrogen-bond acceptors (Lipinski definition) is 3. The summed E-state index contributed by atoms with van der Waals surface area (Å²) in [4.78, 5) is 4.15. The Balaban J connectivity index is 2.22. The van der Waals surface area contributed by atoms with Gasteiger partial charge in [0, 0.05) is 12.1 Å². The van der Waals surface area contributed by atoms with E-state index in [0.29, 0.717) is 22.3 Å². The van der Waals surface area contributed by atoms with Gasteiger partial charge in [0.25, 0.3) is 0 Å². The normalized spacial score (nSPS) is 10.8. The molecule has 1 heterocycles. The number of benzene rings is 1. The maximum atomic E-state index is 13.5. The lowest BCUT2D eigenvalue weighted by Gasteiger charge is -2.03. The molecule has 0 saturated carbocycles. The highest BCUT2D eigenvalue weighted by Gasteiger charge is 2.12. The summed E-state index contributed by atoms with van der Waals surface area (Å²) in [5.74, 6) is 0.307. The minimum Gasteiger partial charge on any atom is -0.443 e. The molecule has 0 fully saturated rings. The van der Waals surface area contributed by atoms with E-state index in [1.165, 1.54) is 12.5 Å². The van der Waals surface area contributed by atoms with Crippen molar-refractivity contribution in [2.24, 2.45) is 0 Å². The minimum atomic E-state index is -0.309. The molecule has 0 aliphatic heterocycles. The van der Waals surface area contributed by atoms with E-state index in [0.717, 1.165) is 18.7 Å². The molecular weight excluding hydrogens is 299 g/mol. The maximum absolute atomic E-state index is 13.5. The molecule has 96 valence electrons. The molecule has 1 aromatic carbocycles. The van der Waals surface area contributed by atoms with Crippen LogP contribution in [0.2, 0.25) is 0 Å². The van der Waals surface area contributed by atoms with Crippen LogP contribution in [0.5, 0.6) is 0 Å². The highest BCUT2D eigenvalue weighted by atomic mass is 79.9. The molecule has 1 N–H and O–H groups in total. The van der Waals surface area contributed by atoms with Crippen molar-refractivity contribution in [3.8, 4) is 11.3 Å². The van der Waals surface area contributed by atoms with E-state index in [1.807, 2.05) is 0 Å². The summed E-state index contributed by atoms with van der Waals surface area (Å²) in [6.45, 7) is 3.64. The van der Waals surface area contributed by atoms with Crippen LogP contribution in [0.1, 0.15) is 19.0 Å². The number of nitrogens with one attached hydrogen (secondary N) is 1. The van der Waals surface area contributed by atoms with Gasteiger partial charge in [0.15, 0.2) is 12.2 Å². The number of aromatic nitrogens is 1. The number of halogens is 2. The van der Waals surface area contributed by atoms with Crippen LogP contribution in [0.15, 0.2) is 33.5 Å². The Hall–Kier alpha value is -1.20. The van der Waals surface area contributed by atoms with Crippen molar-refractivity contribution in [1.29, 1.82) is 0 Å². The van der Waals surface area contributed by atoms with Gasteiger partial charge in [0.1, 0.15) is 11.5 Å². The summed E-state index contributed by atoms with van der Waals surface area (Å²) < 4.78 is 19.3. The first-order valence-corrected chi connectivity index (χ1v) is 6.60. The molecule has 2 aromatic rings. The van der Waals surface area contributed by atoms with Crippen molar-refractivity contribution in [1.82, 2.24) is 10.3 Å². The molecular formula is C13H14BrFN2O. The molecule has 2 rings (SSSR count). The van der Waals surface area contributed by atoms with E-state index in [9.17, 15) is 4.39 Å². The molecule has 0 aliphatic rings. The van der Waals surface area contributed by atoms with E-state index in [2.05, 4.69) is 33.2 Å². The zero-order valence-electron chi connectivity index (χ0n) is 10.0. The van der Waals surface area contributed by atoms with Gasteiger partial charge >= 0.3 is 0 Å². The summed E-state index contributed by atoms with van der Waals surface area (Å²) in [6.07, 6.45) is 2.44. The average molecular weight is 313 g/mol. The van der Waals surface area contributed by atoms with Gasteiger partial charge in [-0.1, -0.05) is 6.92 Å². The molecule has 0 bridgehead atoms. The SMILES string of the molecule is CCCNCc1ncoc1-c1ccc(Br)c(F)c1. The molecule has 0 unspecified atom stereocenters. The second-order valence-electron chi connectivity index (χ2n) is 3.93. The summed E-state index contributed by atoms with van der Waals surface area (Å²) >= 11 is 3.13. The monoisotopic (exact) mass is 312 g/mol. The maximum Gasteiger partial charge on any atom is 0.181 e. The molecule has 0 spiro atoms. The Morgan fingerprint density at radius 1 is 1.44 bits per heavy atom. The molecule has 3 nitrogen and oxygen atoms in total. The first-order chi connectivity index (χ1) is 8.72. The third-order valence-corrected chi connectivity index (χ3v) is 3.19. The zero-order valence-corrected chi connectivity index (χ0v) is 11.6. The Bertz CT molecular complexity index is 527. The van der Waals surface area contributed by atoms with Crippen LogP contribution in [0.3, 0.4) is 0 Å². The summed E-state index contributed by atoms with van der Waals surface area (Å²) in [5.41, 5.74) is 1.49. The van der Waals surface area contributed by atoms with Crippen LogP contribution < -0.4 is 5.32 Å². The van der Waals surface area contributed by atoms with Gasteiger partial charge in [0.05, 0.1) is 4.47 Å². The van der Waals surface area contributed by atoms with E-state index in [-0.39, 0.29) is 5.82 Å².